The second-order valence-corrected chi connectivity index (χ2v) is 9.53. The minimum Gasteiger partial charge on any atom is -0.377 e. The maximum absolute atomic E-state index is 5.53. The fourth-order valence-corrected chi connectivity index (χ4v) is 4.55. The first kappa shape index (κ1) is 26.6. The zero-order valence-electron chi connectivity index (χ0n) is 16.6. The summed E-state index contributed by atoms with van der Waals surface area (Å²) in [4.78, 5) is 0. The van der Waals surface area contributed by atoms with Crippen molar-refractivity contribution in [2.45, 2.75) is 83.6 Å². The van der Waals surface area contributed by atoms with E-state index in [0.717, 1.165) is 19.0 Å². The highest BCUT2D eigenvalue weighted by Gasteiger charge is 2.36. The van der Waals surface area contributed by atoms with Gasteiger partial charge in [0.2, 0.25) is 0 Å². The third-order valence-electron chi connectivity index (χ3n) is 4.11. The van der Waals surface area contributed by atoms with E-state index in [1.807, 2.05) is 0 Å². The molecule has 0 spiro atoms. The van der Waals surface area contributed by atoms with Crippen LogP contribution in [0.2, 0.25) is 6.04 Å². The zero-order valence-corrected chi connectivity index (χ0v) is 18.3. The van der Waals surface area contributed by atoms with Crippen LogP contribution in [0.1, 0.15) is 77.6 Å². The van der Waals surface area contributed by atoms with Gasteiger partial charge >= 0.3 is 8.80 Å². The molecule has 0 aromatic heterocycles. The second-order valence-electron chi connectivity index (χ2n) is 6.06. The molecule has 0 unspecified atom stereocenters. The van der Waals surface area contributed by atoms with Crippen molar-refractivity contribution < 1.29 is 13.3 Å². The quantitative estimate of drug-likeness (QED) is 0.221. The van der Waals surface area contributed by atoms with Crippen molar-refractivity contribution >= 4 is 20.4 Å². The van der Waals surface area contributed by atoms with Crippen LogP contribution in [0.3, 0.4) is 0 Å². The lowest BCUT2D eigenvalue weighted by Crippen LogP contribution is -2.42. The molecule has 0 heterocycles. The molecule has 0 aliphatic carbocycles. The summed E-state index contributed by atoms with van der Waals surface area (Å²) in [6, 6.07) is 0.778. The van der Waals surface area contributed by atoms with Crippen LogP contribution in [0, 0.1) is 0 Å². The average Bonchev–Trinajstić information content (AvgIpc) is 2.63. The Morgan fingerprint density at radius 3 is 1.46 bits per heavy atom. The van der Waals surface area contributed by atoms with E-state index in [0.29, 0.717) is 5.88 Å². The Morgan fingerprint density at radius 1 is 0.708 bits per heavy atom. The molecular weight excluding hydrogens is 342 g/mol. The minimum absolute atomic E-state index is 0.616. The maximum atomic E-state index is 5.53. The normalized spacial score (nSPS) is 11.2. The topological polar surface area (TPSA) is 53.7 Å². The Bertz CT molecular complexity index is 214. The highest BCUT2D eigenvalue weighted by Crippen LogP contribution is 2.15. The van der Waals surface area contributed by atoms with Crippen LogP contribution in [-0.2, 0) is 13.3 Å². The van der Waals surface area contributed by atoms with Crippen LogP contribution in [0.25, 0.3) is 0 Å². The molecule has 0 aromatic rings. The van der Waals surface area contributed by atoms with E-state index in [2.05, 4.69) is 6.92 Å². The Kier molecular flexibility index (Phi) is 23.7. The van der Waals surface area contributed by atoms with E-state index in [4.69, 9.17) is 30.6 Å². The number of nitrogens with two attached hydrogens (primary N) is 1. The first-order chi connectivity index (χ1) is 11.7. The van der Waals surface area contributed by atoms with Crippen molar-refractivity contribution in [3.8, 4) is 0 Å². The molecule has 0 aliphatic rings. The summed E-state index contributed by atoms with van der Waals surface area (Å²) in [6.07, 6.45) is 14.8. The van der Waals surface area contributed by atoms with Crippen molar-refractivity contribution in [1.82, 2.24) is 0 Å². The van der Waals surface area contributed by atoms with Gasteiger partial charge in [0.05, 0.1) is 0 Å². The summed E-state index contributed by atoms with van der Waals surface area (Å²) in [5.41, 5.74) is 5.42. The van der Waals surface area contributed by atoms with Gasteiger partial charge in [0.1, 0.15) is 0 Å². The summed E-state index contributed by atoms with van der Waals surface area (Å²) in [7, 11) is 2.49. The van der Waals surface area contributed by atoms with Crippen molar-refractivity contribution in [2.24, 2.45) is 5.73 Å². The SMILES string of the molecule is CCCCCCCCCCCCN.CO[Si](CCCCl)(OC)OC. The van der Waals surface area contributed by atoms with Gasteiger partial charge in [-0.15, -0.1) is 11.6 Å². The molecule has 0 radical (unpaired) electrons. The van der Waals surface area contributed by atoms with Crippen LogP contribution in [0.15, 0.2) is 0 Å². The number of alkyl halides is 1. The second kappa shape index (κ2) is 21.4. The number of hydrogen-bond donors (Lipinski definition) is 1. The van der Waals surface area contributed by atoms with Crippen LogP contribution < -0.4 is 5.73 Å². The lowest BCUT2D eigenvalue weighted by Gasteiger charge is -2.23. The highest BCUT2D eigenvalue weighted by molar-refractivity contribution is 6.60. The third-order valence-corrected chi connectivity index (χ3v) is 7.21. The number of hydrogen-bond acceptors (Lipinski definition) is 4. The van der Waals surface area contributed by atoms with Gasteiger partial charge < -0.3 is 19.0 Å². The van der Waals surface area contributed by atoms with Gasteiger partial charge in [-0.1, -0.05) is 64.7 Å². The van der Waals surface area contributed by atoms with E-state index in [-0.39, 0.29) is 0 Å². The molecule has 0 atom stereocenters. The van der Waals surface area contributed by atoms with Gasteiger partial charge in [-0.25, -0.2) is 0 Å². The molecule has 4 nitrogen and oxygen atoms in total. The number of unbranched alkanes of at least 4 members (excludes halogenated alkanes) is 9. The van der Waals surface area contributed by atoms with Gasteiger partial charge in [0.25, 0.3) is 0 Å². The monoisotopic (exact) mass is 383 g/mol. The summed E-state index contributed by atoms with van der Waals surface area (Å²) in [5.74, 6) is 0.616. The minimum atomic E-state index is -2.32. The molecular formula is C18H42ClNO3Si. The van der Waals surface area contributed by atoms with Crippen LogP contribution in [-0.4, -0.2) is 42.6 Å². The van der Waals surface area contributed by atoms with Crippen LogP contribution >= 0.6 is 11.6 Å². The first-order valence-electron chi connectivity index (χ1n) is 9.57. The predicted octanol–water partition coefficient (Wildman–Crippen LogP) is 5.36. The molecule has 0 aromatic carbocycles. The molecule has 0 fully saturated rings. The van der Waals surface area contributed by atoms with E-state index < -0.39 is 8.80 Å². The highest BCUT2D eigenvalue weighted by atomic mass is 35.5. The van der Waals surface area contributed by atoms with Gasteiger partial charge in [0.15, 0.2) is 0 Å². The largest absolute Gasteiger partial charge is 0.500 e. The maximum Gasteiger partial charge on any atom is 0.500 e. The van der Waals surface area contributed by atoms with Crippen molar-refractivity contribution in [1.29, 1.82) is 0 Å². The molecule has 0 saturated carbocycles. The molecule has 0 bridgehead atoms. The summed E-state index contributed by atoms with van der Waals surface area (Å²) >= 11 is 5.53. The molecule has 0 amide bonds. The van der Waals surface area contributed by atoms with E-state index in [1.54, 1.807) is 21.3 Å². The summed E-state index contributed by atoms with van der Waals surface area (Å²) in [5, 5.41) is 0. The molecule has 0 rings (SSSR count). The fraction of sp³-hybridized carbons (Fsp3) is 1.00. The molecule has 0 saturated heterocycles. The van der Waals surface area contributed by atoms with Gasteiger partial charge in [0, 0.05) is 33.3 Å². The van der Waals surface area contributed by atoms with E-state index in [1.165, 1.54) is 64.2 Å². The molecule has 24 heavy (non-hydrogen) atoms. The van der Waals surface area contributed by atoms with Crippen LogP contribution in [0.5, 0.6) is 0 Å². The average molecular weight is 384 g/mol. The number of rotatable bonds is 16. The van der Waals surface area contributed by atoms with Gasteiger partial charge in [-0.05, 0) is 19.4 Å². The standard InChI is InChI=1S/C12H27N.C6H15ClO3Si/c1-2-3-4-5-6-7-8-9-10-11-12-13;1-8-11(9-2,10-3)6-4-5-7/h2-13H2,1H3;4-6H2,1-3H3. The molecule has 0 aliphatic heterocycles. The smallest absolute Gasteiger partial charge is 0.377 e. The van der Waals surface area contributed by atoms with Gasteiger partial charge in [-0.2, -0.15) is 0 Å². The van der Waals surface area contributed by atoms with Crippen molar-refractivity contribution in [3.05, 3.63) is 0 Å². The van der Waals surface area contributed by atoms with Crippen molar-refractivity contribution in [3.63, 3.8) is 0 Å². The molecule has 2 N–H and O–H groups in total. The Balaban J connectivity index is 0. The lowest BCUT2D eigenvalue weighted by molar-refractivity contribution is 0.123. The zero-order chi connectivity index (χ0) is 18.5. The van der Waals surface area contributed by atoms with E-state index >= 15 is 0 Å². The summed E-state index contributed by atoms with van der Waals surface area (Å²) in [6.45, 7) is 3.14. The lowest BCUT2D eigenvalue weighted by atomic mass is 10.1. The van der Waals surface area contributed by atoms with E-state index in [9.17, 15) is 0 Å². The predicted molar refractivity (Wildman–Crippen MR) is 108 cm³/mol. The Hall–Kier alpha value is 0.347. The fourth-order valence-electron chi connectivity index (χ4n) is 2.47. The van der Waals surface area contributed by atoms with Crippen LogP contribution in [0.4, 0.5) is 0 Å². The Labute approximate surface area is 157 Å². The molecule has 6 heteroatoms. The summed E-state index contributed by atoms with van der Waals surface area (Å²) < 4.78 is 15.5. The molecule has 148 valence electrons. The number of halogens is 1. The Morgan fingerprint density at radius 2 is 1.12 bits per heavy atom. The van der Waals surface area contributed by atoms with Crippen molar-refractivity contribution in [2.75, 3.05) is 33.8 Å². The third kappa shape index (κ3) is 17.2. The first-order valence-corrected chi connectivity index (χ1v) is 12.0. The van der Waals surface area contributed by atoms with Gasteiger partial charge in [-0.3, -0.25) is 0 Å².